The molecule has 12 aromatic heterocycles. The number of piperazine rings is 2. The lowest BCUT2D eigenvalue weighted by atomic mass is 10.0. The molecule has 6 amide bonds. The SMILES string of the molecule is CCNC(=O)Nc1nc2c(-c3ncccn3)cc(-c3cnc(OC)nc3)cc2[nH]1.CCNC(C)=O.CCOC(=O)Nc1nc2c(-c3cc(N4CCN(C)CC4)ncn3)cc(-c3cccnc3)cc2[nH]1.CCOC(=O)Nc1nc2c(-c3cc(N4CCN(C)CC4)ncn3)cc(-c3cccnc3)cc2[nH]1.CCOC(=O)Nc1nc2c(-c3ncccn3)cc(-n3cnc(C)c3)cc2[nH]1. The number of benzene rings is 4. The number of anilines is 6. The third-order valence-electron chi connectivity index (χ3n) is 20.1. The van der Waals surface area contributed by atoms with Gasteiger partial charge in [-0.15, -0.1) is 0 Å². The number of aromatic amines is 4. The highest BCUT2D eigenvalue weighted by Crippen LogP contribution is 2.38. The molecule has 0 bridgehead atoms. The Kier molecular flexibility index (Phi) is 29.7. The maximum absolute atomic E-state index is 11.9. The molecule has 10 N–H and O–H groups in total. The van der Waals surface area contributed by atoms with Gasteiger partial charge in [-0.25, -0.2) is 93.9 Å². The summed E-state index contributed by atoms with van der Waals surface area (Å²) >= 11 is 0. The number of nitrogens with one attached hydrogen (secondary N) is 10. The highest BCUT2D eigenvalue weighted by Gasteiger charge is 2.25. The molecule has 0 spiro atoms. The molecule has 0 atom stereocenters. The molecule has 2 fully saturated rings. The number of rotatable bonds is 20. The molecule has 14 heterocycles. The Morgan fingerprint density at radius 3 is 1.21 bits per heavy atom. The highest BCUT2D eigenvalue weighted by molar-refractivity contribution is 6.01. The van der Waals surface area contributed by atoms with Crippen LogP contribution >= 0.6 is 0 Å². The van der Waals surface area contributed by atoms with E-state index >= 15 is 0 Å². The van der Waals surface area contributed by atoms with Crippen molar-refractivity contribution in [3.8, 4) is 90.4 Å². The number of aromatic nitrogens is 22. The van der Waals surface area contributed by atoms with Gasteiger partial charge in [0.1, 0.15) is 35.3 Å². The molecule has 2 aliphatic rings. The van der Waals surface area contributed by atoms with Gasteiger partial charge in [0.15, 0.2) is 11.6 Å². The normalized spacial score (nSPS) is 12.5. The van der Waals surface area contributed by atoms with Crippen LogP contribution in [0.25, 0.3) is 128 Å². The summed E-state index contributed by atoms with van der Waals surface area (Å²) in [5.41, 5.74) is 17.6. The maximum atomic E-state index is 11.9. The number of imidazole rings is 5. The second-order valence-corrected chi connectivity index (χ2v) is 29.2. The molecular weight excluding hydrogens is 1660 g/mol. The van der Waals surface area contributed by atoms with Crippen molar-refractivity contribution in [2.24, 2.45) is 0 Å². The minimum absolute atomic E-state index is 0.0394. The van der Waals surface area contributed by atoms with E-state index in [1.807, 2.05) is 129 Å². The molecule has 0 saturated carbocycles. The summed E-state index contributed by atoms with van der Waals surface area (Å²) in [5.74, 6) is 4.11. The van der Waals surface area contributed by atoms with E-state index in [9.17, 15) is 24.0 Å². The predicted molar refractivity (Wildman–Crippen MR) is 493 cm³/mol. The van der Waals surface area contributed by atoms with E-state index in [0.29, 0.717) is 75.1 Å². The smallest absolute Gasteiger partial charge is 0.413 e. The Balaban J connectivity index is 0.000000137. The Bertz CT molecular complexity index is 6340. The average molecular weight is 1760 g/mol. The number of urea groups is 1. The van der Waals surface area contributed by atoms with E-state index in [2.05, 4.69) is 170 Å². The van der Waals surface area contributed by atoms with Crippen molar-refractivity contribution in [2.45, 2.75) is 48.5 Å². The Morgan fingerprint density at radius 2 is 0.823 bits per heavy atom. The molecule has 0 aliphatic carbocycles. The lowest BCUT2D eigenvalue weighted by molar-refractivity contribution is -0.118. The number of H-pyrrole nitrogens is 4. The number of hydrogen-bond donors (Lipinski definition) is 10. The Morgan fingerprint density at radius 1 is 0.415 bits per heavy atom. The van der Waals surface area contributed by atoms with Gasteiger partial charge in [-0.1, -0.05) is 12.1 Å². The monoisotopic (exact) mass is 1760 g/mol. The van der Waals surface area contributed by atoms with Gasteiger partial charge >= 0.3 is 30.3 Å². The van der Waals surface area contributed by atoms with E-state index in [0.717, 1.165) is 160 Å². The number of nitrogens with zero attached hydrogens (tertiary/aromatic N) is 22. The van der Waals surface area contributed by atoms with E-state index in [1.54, 1.807) is 101 Å². The average Bonchev–Trinajstić information content (AvgIpc) is 1.62. The molecule has 2 aliphatic heterocycles. The fourth-order valence-electron chi connectivity index (χ4n) is 13.9. The van der Waals surface area contributed by atoms with Crippen molar-refractivity contribution in [2.75, 3.05) is 138 Å². The highest BCUT2D eigenvalue weighted by atomic mass is 16.6. The first-order valence-corrected chi connectivity index (χ1v) is 41.8. The van der Waals surface area contributed by atoms with Crippen molar-refractivity contribution < 1.29 is 42.9 Å². The van der Waals surface area contributed by atoms with Crippen molar-refractivity contribution in [1.82, 2.24) is 130 Å². The summed E-state index contributed by atoms with van der Waals surface area (Å²) < 4.78 is 21.8. The number of aryl methyl sites for hydroxylation is 1. The number of hydrogen-bond acceptors (Lipinski definition) is 30. The number of carbonyl (C=O) groups excluding carboxylic acids is 5. The van der Waals surface area contributed by atoms with E-state index < -0.39 is 18.3 Å². The third-order valence-corrected chi connectivity index (χ3v) is 20.1. The third kappa shape index (κ3) is 23.0. The van der Waals surface area contributed by atoms with Crippen LogP contribution < -0.4 is 46.4 Å². The molecule has 666 valence electrons. The minimum Gasteiger partial charge on any atom is -0.467 e. The lowest BCUT2D eigenvalue weighted by Gasteiger charge is -2.33. The molecule has 41 heteroatoms. The zero-order valence-electron chi connectivity index (χ0n) is 73.0. The standard InChI is InChI=1S/2C24H26N8O2.C19H18N8O2.C18H17N7O2.C4H9NO/c2*1-3-34-24(33)30-23-28-20-12-17(16-5-4-6-25-14-16)11-18(22(20)29-23)19-13-21(27-15-26-19)32-9-7-31(2)8-10-32;1-3-20-18(28)27-17-25-14-8-11(12-9-23-19(29-2)24-10-12)7-13(15(14)26-17)16-21-5-4-6-22-16;1-3-27-18(26)24-17-22-14-8-12(25-9-11(2)21-10-25)7-13(15(14)23-17)16-19-5-4-6-20-16;1-3-5-4(2)6/h2*4-6,11-15H,3,7-10H2,1-2H3,(H2,28,29,30,33);4-10H,3H2,1-2H3,(H3,20,25,26,27,28);4-10H,3H2,1-2H3,(H2,22,23,24,26);3H2,1-2H3,(H,5,6). The number of fused-ring (bicyclic) bond motifs is 4. The van der Waals surface area contributed by atoms with Gasteiger partial charge in [0.25, 0.3) is 0 Å². The maximum Gasteiger partial charge on any atom is 0.413 e. The van der Waals surface area contributed by atoms with Crippen LogP contribution in [0.15, 0.2) is 184 Å². The molecule has 16 aromatic rings. The predicted octanol–water partition coefficient (Wildman–Crippen LogP) is 12.7. The fraction of sp³-hybridized carbons (Fsp3) is 0.258. The lowest BCUT2D eigenvalue weighted by Crippen LogP contribution is -2.44. The van der Waals surface area contributed by atoms with Crippen LogP contribution in [0.2, 0.25) is 0 Å². The van der Waals surface area contributed by atoms with Gasteiger partial charge in [-0.3, -0.25) is 36.0 Å². The summed E-state index contributed by atoms with van der Waals surface area (Å²) in [4.78, 5) is 154. The first-order valence-electron chi connectivity index (χ1n) is 41.8. The second kappa shape index (κ2) is 43.0. The van der Waals surface area contributed by atoms with Crippen LogP contribution in [0.3, 0.4) is 0 Å². The summed E-state index contributed by atoms with van der Waals surface area (Å²) in [7, 11) is 5.77. The molecular formula is C89H96N32O9. The molecule has 41 nitrogen and oxygen atoms in total. The fourth-order valence-corrected chi connectivity index (χ4v) is 13.9. The number of carbonyl (C=O) groups is 5. The van der Waals surface area contributed by atoms with Crippen molar-refractivity contribution >= 4 is 110 Å². The Hall–Kier alpha value is -16.5. The number of ether oxygens (including phenoxy) is 4. The van der Waals surface area contributed by atoms with E-state index in [-0.39, 0.29) is 37.8 Å². The van der Waals surface area contributed by atoms with E-state index in [1.165, 1.54) is 14.0 Å². The Labute approximate surface area is 745 Å². The number of methoxy groups -OCH3 is 1. The second-order valence-electron chi connectivity index (χ2n) is 29.2. The quantitative estimate of drug-likeness (QED) is 0.0317. The molecule has 18 rings (SSSR count). The van der Waals surface area contributed by atoms with Crippen molar-refractivity contribution in [1.29, 1.82) is 0 Å². The number of pyridine rings is 2. The van der Waals surface area contributed by atoms with Crippen LogP contribution in [0.4, 0.5) is 54.6 Å². The van der Waals surface area contributed by atoms with Crippen molar-refractivity contribution in [3.05, 3.63) is 190 Å². The van der Waals surface area contributed by atoms with Gasteiger partial charge in [0.05, 0.1) is 83.4 Å². The largest absolute Gasteiger partial charge is 0.467 e. The van der Waals surface area contributed by atoms with Gasteiger partial charge < -0.3 is 73.7 Å². The topological polar surface area (TPSA) is 495 Å². The van der Waals surface area contributed by atoms with Crippen LogP contribution in [0.1, 0.15) is 47.2 Å². The molecule has 130 heavy (non-hydrogen) atoms. The van der Waals surface area contributed by atoms with E-state index in [4.69, 9.17) is 18.9 Å². The van der Waals surface area contributed by atoms with Crippen LogP contribution in [-0.2, 0) is 19.0 Å². The molecule has 0 unspecified atom stereocenters. The van der Waals surface area contributed by atoms with Crippen LogP contribution in [0.5, 0.6) is 6.01 Å². The van der Waals surface area contributed by atoms with Gasteiger partial charge in [0, 0.05) is 197 Å². The summed E-state index contributed by atoms with van der Waals surface area (Å²) in [6.45, 7) is 22.1. The number of amides is 6. The first-order chi connectivity index (χ1) is 63.3. The summed E-state index contributed by atoms with van der Waals surface area (Å²) in [6, 6.07) is 31.0. The minimum atomic E-state index is -0.570. The summed E-state index contributed by atoms with van der Waals surface area (Å²) in [5, 5.41) is 15.8. The first kappa shape index (κ1) is 89.8. The zero-order chi connectivity index (χ0) is 91.0. The summed E-state index contributed by atoms with van der Waals surface area (Å²) in [6.07, 6.45) is 22.3. The van der Waals surface area contributed by atoms with Crippen LogP contribution in [0, 0.1) is 6.92 Å². The van der Waals surface area contributed by atoms with Gasteiger partial charge in [-0.05, 0) is 145 Å². The molecule has 2 saturated heterocycles. The van der Waals surface area contributed by atoms with Crippen molar-refractivity contribution in [3.63, 3.8) is 0 Å². The van der Waals surface area contributed by atoms with Gasteiger partial charge in [0.2, 0.25) is 29.7 Å². The van der Waals surface area contributed by atoms with Gasteiger partial charge in [-0.2, -0.15) is 0 Å². The zero-order valence-corrected chi connectivity index (χ0v) is 73.0. The number of likely N-dealkylation sites (N-methyl/N-ethyl adjacent to an activating group) is 2. The molecule has 0 radical (unpaired) electrons. The molecule has 4 aromatic carbocycles. The van der Waals surface area contributed by atoms with Crippen LogP contribution in [-0.4, -0.2) is 256 Å².